The van der Waals surface area contributed by atoms with E-state index in [0.29, 0.717) is 41.5 Å². The van der Waals surface area contributed by atoms with E-state index in [0.717, 1.165) is 15.6 Å². The number of benzene rings is 2. The van der Waals surface area contributed by atoms with Crippen LogP contribution in [0.2, 0.25) is 0 Å². The second-order valence-electron chi connectivity index (χ2n) is 12.4. The first-order valence-corrected chi connectivity index (χ1v) is 15.4. The van der Waals surface area contributed by atoms with Crippen LogP contribution in [0.4, 0.5) is 0 Å². The summed E-state index contributed by atoms with van der Waals surface area (Å²) in [5.74, 6) is -0.695. The minimum absolute atomic E-state index is 0.0386. The van der Waals surface area contributed by atoms with Gasteiger partial charge in [-0.25, -0.2) is 4.98 Å². The van der Waals surface area contributed by atoms with Gasteiger partial charge in [0.15, 0.2) is 5.01 Å². The number of ketones is 1. The molecule has 2 aliphatic heterocycles. The van der Waals surface area contributed by atoms with Gasteiger partial charge in [0.2, 0.25) is 17.6 Å². The number of hydrogen-bond acceptors (Lipinski definition) is 7. The van der Waals surface area contributed by atoms with E-state index in [2.05, 4.69) is 34.4 Å². The second-order valence-corrected chi connectivity index (χ2v) is 13.4. The van der Waals surface area contributed by atoms with E-state index in [1.165, 1.54) is 11.3 Å². The lowest BCUT2D eigenvalue weighted by atomic mass is 9.94. The number of para-hydroxylation sites is 1. The zero-order valence-corrected chi connectivity index (χ0v) is 25.0. The molecule has 11 heteroatoms. The van der Waals surface area contributed by atoms with Crippen LogP contribution in [0.3, 0.4) is 0 Å². The summed E-state index contributed by atoms with van der Waals surface area (Å²) in [4.78, 5) is 63.8. The molecule has 3 N–H and O–H groups in total. The number of carbonyl (C=O) groups excluding carboxylic acids is 4. The van der Waals surface area contributed by atoms with Crippen molar-refractivity contribution in [2.75, 3.05) is 20.2 Å². The molecule has 1 aliphatic carbocycles. The molecule has 3 fully saturated rings. The second kappa shape index (κ2) is 10.2. The summed E-state index contributed by atoms with van der Waals surface area (Å²) in [5.41, 5.74) is 1.75. The minimum atomic E-state index is -0.947. The van der Waals surface area contributed by atoms with Gasteiger partial charge >= 0.3 is 0 Å². The SMILES string of the molecule is COc1cccc2[nH]c(C(=O)N3CC4C(C3C(=O)N[C@@H](C[C@@H]3CCNC3=O)C(=O)c3nc5ccccc5s3)C4(C)C)cc12. The van der Waals surface area contributed by atoms with Gasteiger partial charge in [-0.3, -0.25) is 19.2 Å². The third-order valence-electron chi connectivity index (χ3n) is 9.63. The number of ether oxygens (including phenoxy) is 1. The molecule has 0 radical (unpaired) electrons. The number of hydrogen-bond donors (Lipinski definition) is 3. The Labute approximate surface area is 252 Å². The predicted molar refractivity (Wildman–Crippen MR) is 162 cm³/mol. The number of methoxy groups -OCH3 is 1. The predicted octanol–water partition coefficient (Wildman–Crippen LogP) is 3.78. The Morgan fingerprint density at radius 2 is 2.00 bits per heavy atom. The Balaban J connectivity index is 1.18. The standard InChI is InChI=1S/C32H33N5O5S/c1-32(2)18-15-37(31(41)22-14-17-19(34-22)8-6-9-23(17)42-3)26(25(18)32)29(40)35-21(13-16-11-12-33-28(16)39)27(38)30-36-20-7-4-5-10-24(20)43-30/h4-10,14,16,18,21,25-26,34H,11-13,15H2,1-3H3,(H,33,39)(H,35,40)/t16-,18?,21-,25?,26?/m0/s1. The third kappa shape index (κ3) is 4.57. The molecule has 43 heavy (non-hydrogen) atoms. The van der Waals surface area contributed by atoms with E-state index in [-0.39, 0.29) is 47.2 Å². The van der Waals surface area contributed by atoms with Gasteiger partial charge in [0.05, 0.1) is 23.4 Å². The fourth-order valence-electron chi connectivity index (χ4n) is 7.14. The van der Waals surface area contributed by atoms with E-state index in [1.807, 2.05) is 42.5 Å². The number of nitrogens with one attached hydrogen (secondary N) is 3. The van der Waals surface area contributed by atoms with Crippen molar-refractivity contribution in [3.8, 4) is 5.75 Å². The van der Waals surface area contributed by atoms with Crippen molar-refractivity contribution < 1.29 is 23.9 Å². The first kappa shape index (κ1) is 27.6. The van der Waals surface area contributed by atoms with Gasteiger partial charge in [-0.2, -0.15) is 0 Å². The fourth-order valence-corrected chi connectivity index (χ4v) is 8.10. The number of fused-ring (bicyclic) bond motifs is 3. The first-order valence-electron chi connectivity index (χ1n) is 14.6. The van der Waals surface area contributed by atoms with Gasteiger partial charge in [-0.05, 0) is 60.4 Å². The molecule has 3 amide bonds. The zero-order chi connectivity index (χ0) is 30.0. The molecule has 10 nitrogen and oxygen atoms in total. The Bertz CT molecular complexity index is 1760. The molecule has 2 aromatic carbocycles. The number of thiazole rings is 1. The highest BCUT2D eigenvalue weighted by Crippen LogP contribution is 2.65. The topological polar surface area (TPSA) is 133 Å². The molecule has 1 saturated carbocycles. The molecule has 0 spiro atoms. The van der Waals surface area contributed by atoms with Crippen molar-refractivity contribution in [3.63, 3.8) is 0 Å². The number of piperidine rings is 1. The molecule has 2 saturated heterocycles. The van der Waals surface area contributed by atoms with Gasteiger partial charge in [0.25, 0.3) is 5.91 Å². The number of aromatic amines is 1. The highest BCUT2D eigenvalue weighted by molar-refractivity contribution is 7.20. The summed E-state index contributed by atoms with van der Waals surface area (Å²) in [6, 6.07) is 13.1. The van der Waals surface area contributed by atoms with Gasteiger partial charge < -0.3 is 25.3 Å². The summed E-state index contributed by atoms with van der Waals surface area (Å²) >= 11 is 1.28. The Hall–Kier alpha value is -4.25. The van der Waals surface area contributed by atoms with Crippen LogP contribution in [0.1, 0.15) is 47.0 Å². The van der Waals surface area contributed by atoms with Crippen LogP contribution < -0.4 is 15.4 Å². The molecule has 5 atom stereocenters. The van der Waals surface area contributed by atoms with Crippen LogP contribution in [0, 0.1) is 23.2 Å². The Kier molecular flexibility index (Phi) is 6.53. The molecule has 0 bridgehead atoms. The van der Waals surface area contributed by atoms with Crippen LogP contribution in [-0.4, -0.2) is 70.7 Å². The van der Waals surface area contributed by atoms with Crippen molar-refractivity contribution in [1.29, 1.82) is 0 Å². The molecule has 2 aromatic heterocycles. The minimum Gasteiger partial charge on any atom is -0.496 e. The highest BCUT2D eigenvalue weighted by atomic mass is 32.1. The Morgan fingerprint density at radius 3 is 2.74 bits per heavy atom. The van der Waals surface area contributed by atoms with Gasteiger partial charge in [-0.1, -0.05) is 32.0 Å². The Morgan fingerprint density at radius 1 is 1.19 bits per heavy atom. The van der Waals surface area contributed by atoms with E-state index in [4.69, 9.17) is 4.74 Å². The molecule has 4 aromatic rings. The number of nitrogens with zero attached hydrogens (tertiary/aromatic N) is 2. The normalized spacial score (nSPS) is 24.5. The number of carbonyl (C=O) groups is 4. The van der Waals surface area contributed by atoms with Gasteiger partial charge in [0.1, 0.15) is 17.5 Å². The lowest BCUT2D eigenvalue weighted by Gasteiger charge is -2.31. The molecule has 3 unspecified atom stereocenters. The van der Waals surface area contributed by atoms with Crippen molar-refractivity contribution in [2.24, 2.45) is 23.2 Å². The highest BCUT2D eigenvalue weighted by Gasteiger charge is 2.69. The summed E-state index contributed by atoms with van der Waals surface area (Å²) < 4.78 is 6.34. The summed E-state index contributed by atoms with van der Waals surface area (Å²) in [6.45, 7) is 5.22. The molecule has 3 aliphatic rings. The number of likely N-dealkylation sites (tertiary alicyclic amines) is 1. The average Bonchev–Trinajstić information content (AvgIpc) is 3.64. The summed E-state index contributed by atoms with van der Waals surface area (Å²) in [7, 11) is 1.58. The average molecular weight is 600 g/mol. The van der Waals surface area contributed by atoms with Crippen LogP contribution in [0.15, 0.2) is 48.5 Å². The number of Topliss-reactive ketones (excluding diaryl/α,β-unsaturated/α-hetero) is 1. The molecular formula is C32H33N5O5S. The number of H-pyrrole nitrogens is 1. The lowest BCUT2D eigenvalue weighted by molar-refractivity contribution is -0.127. The van der Waals surface area contributed by atoms with E-state index in [9.17, 15) is 19.2 Å². The molecule has 4 heterocycles. The van der Waals surface area contributed by atoms with E-state index in [1.54, 1.807) is 18.1 Å². The third-order valence-corrected chi connectivity index (χ3v) is 10.7. The van der Waals surface area contributed by atoms with Crippen LogP contribution in [0.25, 0.3) is 21.1 Å². The van der Waals surface area contributed by atoms with Crippen LogP contribution in [-0.2, 0) is 9.59 Å². The van der Waals surface area contributed by atoms with Crippen LogP contribution in [0.5, 0.6) is 5.75 Å². The maximum absolute atomic E-state index is 14.2. The van der Waals surface area contributed by atoms with Gasteiger partial charge in [-0.15, -0.1) is 11.3 Å². The number of rotatable bonds is 8. The monoisotopic (exact) mass is 599 g/mol. The van der Waals surface area contributed by atoms with Crippen molar-refractivity contribution in [2.45, 2.75) is 38.8 Å². The van der Waals surface area contributed by atoms with Crippen molar-refractivity contribution in [1.82, 2.24) is 25.5 Å². The smallest absolute Gasteiger partial charge is 0.271 e. The number of amides is 3. The molecule has 7 rings (SSSR count). The van der Waals surface area contributed by atoms with Gasteiger partial charge in [0, 0.05) is 29.9 Å². The van der Waals surface area contributed by atoms with E-state index < -0.39 is 18.0 Å². The zero-order valence-electron chi connectivity index (χ0n) is 24.2. The fraction of sp³-hybridized carbons (Fsp3) is 0.406. The largest absolute Gasteiger partial charge is 0.496 e. The maximum Gasteiger partial charge on any atom is 0.271 e. The quantitative estimate of drug-likeness (QED) is 0.264. The number of aromatic nitrogens is 2. The van der Waals surface area contributed by atoms with Crippen LogP contribution >= 0.6 is 11.3 Å². The summed E-state index contributed by atoms with van der Waals surface area (Å²) in [6.07, 6.45) is 0.764. The van der Waals surface area contributed by atoms with Crippen molar-refractivity contribution in [3.05, 3.63) is 59.2 Å². The molecular weight excluding hydrogens is 566 g/mol. The summed E-state index contributed by atoms with van der Waals surface area (Å²) in [5, 5.41) is 6.91. The van der Waals surface area contributed by atoms with Crippen molar-refractivity contribution >= 4 is 56.0 Å². The maximum atomic E-state index is 14.2. The molecule has 222 valence electrons. The van der Waals surface area contributed by atoms with E-state index >= 15 is 0 Å². The first-order chi connectivity index (χ1) is 20.7. The lowest BCUT2D eigenvalue weighted by Crippen LogP contribution is -2.54.